The third kappa shape index (κ3) is 2.89. The lowest BCUT2D eigenvalue weighted by atomic mass is 9.95. The standard InChI is InChI=1S/C10H18N4OS/c1-16-8-4-2-7(3-5-8)12-10-14-13-9(6-11)15-10/h7-8H,2-6,11H2,1H3,(H,12,14). The van der Waals surface area contributed by atoms with Gasteiger partial charge in [0.15, 0.2) is 0 Å². The monoisotopic (exact) mass is 242 g/mol. The quantitative estimate of drug-likeness (QED) is 0.835. The molecule has 1 aromatic heterocycles. The molecular formula is C10H18N4OS. The van der Waals surface area contributed by atoms with Crippen LogP contribution in [0.25, 0.3) is 0 Å². The number of nitrogens with zero attached hydrogens (tertiary/aromatic N) is 2. The highest BCUT2D eigenvalue weighted by Crippen LogP contribution is 2.28. The Labute approximate surface area is 99.6 Å². The molecule has 0 radical (unpaired) electrons. The van der Waals surface area contributed by atoms with Crippen LogP contribution in [-0.2, 0) is 6.54 Å². The van der Waals surface area contributed by atoms with E-state index in [4.69, 9.17) is 10.2 Å². The second kappa shape index (κ2) is 5.54. The third-order valence-corrected chi connectivity index (χ3v) is 4.11. The highest BCUT2D eigenvalue weighted by Gasteiger charge is 2.21. The average Bonchev–Trinajstić information content (AvgIpc) is 2.78. The fourth-order valence-corrected chi connectivity index (χ4v) is 2.76. The Morgan fingerprint density at radius 3 is 2.69 bits per heavy atom. The van der Waals surface area contributed by atoms with Crippen LogP contribution in [0.4, 0.5) is 6.01 Å². The number of aromatic nitrogens is 2. The highest BCUT2D eigenvalue weighted by molar-refractivity contribution is 7.99. The van der Waals surface area contributed by atoms with Crippen molar-refractivity contribution in [1.29, 1.82) is 0 Å². The topological polar surface area (TPSA) is 77.0 Å². The van der Waals surface area contributed by atoms with Crippen molar-refractivity contribution in [1.82, 2.24) is 10.2 Å². The molecule has 6 heteroatoms. The lowest BCUT2D eigenvalue weighted by Crippen LogP contribution is -2.27. The van der Waals surface area contributed by atoms with E-state index in [1.54, 1.807) is 0 Å². The van der Waals surface area contributed by atoms with E-state index >= 15 is 0 Å². The Balaban J connectivity index is 1.82. The van der Waals surface area contributed by atoms with Gasteiger partial charge in [0.2, 0.25) is 5.89 Å². The van der Waals surface area contributed by atoms with Gasteiger partial charge in [0.1, 0.15) is 0 Å². The predicted molar refractivity (Wildman–Crippen MR) is 65.4 cm³/mol. The average molecular weight is 242 g/mol. The van der Waals surface area contributed by atoms with Crippen molar-refractivity contribution in [3.8, 4) is 0 Å². The maximum atomic E-state index is 5.41. The first-order valence-electron chi connectivity index (χ1n) is 5.63. The molecule has 1 heterocycles. The number of thioether (sulfide) groups is 1. The van der Waals surface area contributed by atoms with Gasteiger partial charge in [-0.05, 0) is 31.9 Å². The van der Waals surface area contributed by atoms with E-state index in [1.807, 2.05) is 11.8 Å². The smallest absolute Gasteiger partial charge is 0.315 e. The highest BCUT2D eigenvalue weighted by atomic mass is 32.2. The molecule has 5 nitrogen and oxygen atoms in total. The molecule has 1 saturated carbocycles. The second-order valence-electron chi connectivity index (χ2n) is 4.06. The number of anilines is 1. The van der Waals surface area contributed by atoms with Crippen LogP contribution in [0.2, 0.25) is 0 Å². The molecule has 3 N–H and O–H groups in total. The summed E-state index contributed by atoms with van der Waals surface area (Å²) in [7, 11) is 0. The lowest BCUT2D eigenvalue weighted by molar-refractivity contribution is 0.448. The summed E-state index contributed by atoms with van der Waals surface area (Å²) in [6.45, 7) is 0.299. The van der Waals surface area contributed by atoms with Crippen LogP contribution in [0, 0.1) is 0 Å². The Hall–Kier alpha value is -0.750. The summed E-state index contributed by atoms with van der Waals surface area (Å²) in [5, 5.41) is 11.8. The molecule has 0 aliphatic heterocycles. The zero-order valence-electron chi connectivity index (χ0n) is 9.48. The Morgan fingerprint density at radius 2 is 2.12 bits per heavy atom. The van der Waals surface area contributed by atoms with E-state index in [0.29, 0.717) is 24.5 Å². The van der Waals surface area contributed by atoms with Gasteiger partial charge in [-0.25, -0.2) is 0 Å². The minimum absolute atomic E-state index is 0.299. The van der Waals surface area contributed by atoms with E-state index in [2.05, 4.69) is 21.8 Å². The van der Waals surface area contributed by atoms with Gasteiger partial charge < -0.3 is 15.5 Å². The van der Waals surface area contributed by atoms with E-state index < -0.39 is 0 Å². The minimum atomic E-state index is 0.299. The van der Waals surface area contributed by atoms with Gasteiger partial charge in [-0.15, -0.1) is 5.10 Å². The van der Waals surface area contributed by atoms with Crippen molar-refractivity contribution in [2.24, 2.45) is 5.73 Å². The van der Waals surface area contributed by atoms with Gasteiger partial charge >= 0.3 is 6.01 Å². The Morgan fingerprint density at radius 1 is 1.38 bits per heavy atom. The molecule has 16 heavy (non-hydrogen) atoms. The molecule has 1 aliphatic rings. The van der Waals surface area contributed by atoms with E-state index in [1.165, 1.54) is 25.7 Å². The molecule has 0 bridgehead atoms. The van der Waals surface area contributed by atoms with E-state index in [9.17, 15) is 0 Å². The SMILES string of the molecule is CSC1CCC(Nc2nnc(CN)o2)CC1. The van der Waals surface area contributed by atoms with Crippen molar-refractivity contribution in [2.45, 2.75) is 43.5 Å². The first kappa shape index (κ1) is 11.7. The van der Waals surface area contributed by atoms with Gasteiger partial charge in [-0.1, -0.05) is 5.10 Å². The number of rotatable bonds is 4. The molecular weight excluding hydrogens is 224 g/mol. The largest absolute Gasteiger partial charge is 0.407 e. The molecule has 2 rings (SSSR count). The van der Waals surface area contributed by atoms with Crippen molar-refractivity contribution in [3.63, 3.8) is 0 Å². The summed E-state index contributed by atoms with van der Waals surface area (Å²) < 4.78 is 5.33. The summed E-state index contributed by atoms with van der Waals surface area (Å²) in [5.74, 6) is 0.486. The van der Waals surface area contributed by atoms with Crippen molar-refractivity contribution in [2.75, 3.05) is 11.6 Å². The zero-order valence-corrected chi connectivity index (χ0v) is 10.3. The van der Waals surface area contributed by atoms with Crippen LogP contribution in [-0.4, -0.2) is 27.7 Å². The maximum Gasteiger partial charge on any atom is 0.315 e. The first-order chi connectivity index (χ1) is 7.81. The molecule has 0 unspecified atom stereocenters. The van der Waals surface area contributed by atoms with Crippen LogP contribution in [0.3, 0.4) is 0 Å². The molecule has 0 amide bonds. The second-order valence-corrected chi connectivity index (χ2v) is 5.20. The third-order valence-electron chi connectivity index (χ3n) is 2.98. The molecule has 1 fully saturated rings. The van der Waals surface area contributed by atoms with Crippen LogP contribution in [0.15, 0.2) is 4.42 Å². The Bertz CT molecular complexity index is 322. The molecule has 1 aliphatic carbocycles. The van der Waals surface area contributed by atoms with Crippen LogP contribution in [0.5, 0.6) is 0 Å². The van der Waals surface area contributed by atoms with E-state index in [-0.39, 0.29) is 0 Å². The Kier molecular flexibility index (Phi) is 4.06. The fourth-order valence-electron chi connectivity index (χ4n) is 2.01. The molecule has 1 aromatic rings. The minimum Gasteiger partial charge on any atom is -0.407 e. The predicted octanol–water partition coefficient (Wildman–Crippen LogP) is 1.61. The van der Waals surface area contributed by atoms with Gasteiger partial charge in [0.25, 0.3) is 0 Å². The van der Waals surface area contributed by atoms with Crippen LogP contribution >= 0.6 is 11.8 Å². The molecule has 0 atom stereocenters. The number of nitrogens with one attached hydrogen (secondary N) is 1. The number of nitrogens with two attached hydrogens (primary N) is 1. The normalized spacial score (nSPS) is 25.6. The zero-order chi connectivity index (χ0) is 11.4. The molecule has 0 aromatic carbocycles. The summed E-state index contributed by atoms with van der Waals surface area (Å²) in [6.07, 6.45) is 7.05. The summed E-state index contributed by atoms with van der Waals surface area (Å²) in [5.41, 5.74) is 5.41. The maximum absolute atomic E-state index is 5.41. The van der Waals surface area contributed by atoms with Crippen molar-refractivity contribution >= 4 is 17.8 Å². The van der Waals surface area contributed by atoms with Gasteiger partial charge in [0, 0.05) is 11.3 Å². The van der Waals surface area contributed by atoms with Crippen LogP contribution < -0.4 is 11.1 Å². The summed E-state index contributed by atoms with van der Waals surface area (Å²) in [4.78, 5) is 0. The number of hydrogen-bond acceptors (Lipinski definition) is 6. The molecule has 0 spiro atoms. The van der Waals surface area contributed by atoms with Gasteiger partial charge in [-0.2, -0.15) is 11.8 Å². The van der Waals surface area contributed by atoms with Gasteiger partial charge in [0.05, 0.1) is 6.54 Å². The lowest BCUT2D eigenvalue weighted by Gasteiger charge is -2.27. The molecule has 90 valence electrons. The fraction of sp³-hybridized carbons (Fsp3) is 0.800. The molecule has 0 saturated heterocycles. The van der Waals surface area contributed by atoms with Crippen molar-refractivity contribution in [3.05, 3.63) is 5.89 Å². The summed E-state index contributed by atoms with van der Waals surface area (Å²) >= 11 is 1.97. The van der Waals surface area contributed by atoms with E-state index in [0.717, 1.165) is 5.25 Å². The van der Waals surface area contributed by atoms with Gasteiger partial charge in [-0.3, -0.25) is 0 Å². The summed E-state index contributed by atoms with van der Waals surface area (Å²) in [6, 6.07) is 0.975. The first-order valence-corrected chi connectivity index (χ1v) is 6.92. The van der Waals surface area contributed by atoms with Crippen molar-refractivity contribution < 1.29 is 4.42 Å². The number of hydrogen-bond donors (Lipinski definition) is 2. The van der Waals surface area contributed by atoms with Crippen LogP contribution in [0.1, 0.15) is 31.6 Å².